The van der Waals surface area contributed by atoms with E-state index in [-0.39, 0.29) is 28.2 Å². The molecule has 3 aliphatic rings. The smallest absolute Gasteiger partial charge is 0.229 e. The highest BCUT2D eigenvalue weighted by molar-refractivity contribution is 5.86. The molecule has 18 heteroatoms. The van der Waals surface area contributed by atoms with Crippen LogP contribution in [0.15, 0.2) is 51.7 Å². The van der Waals surface area contributed by atoms with Crippen molar-refractivity contribution in [2.24, 2.45) is 0 Å². The first-order valence-corrected chi connectivity index (χ1v) is 16.1. The summed E-state index contributed by atoms with van der Waals surface area (Å²) in [6.07, 6.45) is -23.4. The standard InChI is InChI=1S/C33H40O18/c1-11-22(37)25(40)28(43)31(46-11)45-10-20-24(39)27(42)30(51-32-29(44)26(41)23(38)12(2)47-32)33(50-20)48-15-7-16(35)21-17(36)9-18(49-19(21)8-15)13-3-5-14(34)6-4-13/h3-9,11-12,20,22-35,37-44H,10H2,1-2H3/t11-,12-,20?,22-,23-,24+,25+,26+,27-,28+,29+,30+,31+,32-,33+/m0/s1. The summed E-state index contributed by atoms with van der Waals surface area (Å²) < 4.78 is 40.1. The summed E-state index contributed by atoms with van der Waals surface area (Å²) in [5.41, 5.74) is -0.311. The van der Waals surface area contributed by atoms with Crippen molar-refractivity contribution in [1.29, 1.82) is 0 Å². The zero-order valence-corrected chi connectivity index (χ0v) is 27.1. The van der Waals surface area contributed by atoms with Crippen LogP contribution in [-0.2, 0) is 23.7 Å². The number of aliphatic hydroxyl groups excluding tert-OH is 8. The van der Waals surface area contributed by atoms with E-state index < -0.39 is 110 Å². The number of hydrogen-bond acceptors (Lipinski definition) is 18. The van der Waals surface area contributed by atoms with Gasteiger partial charge in [0.05, 0.1) is 18.8 Å². The molecule has 1 unspecified atom stereocenters. The fraction of sp³-hybridized carbons (Fsp3) is 0.545. The van der Waals surface area contributed by atoms with E-state index in [2.05, 4.69) is 0 Å². The molecule has 18 nitrogen and oxygen atoms in total. The van der Waals surface area contributed by atoms with Crippen molar-refractivity contribution in [2.75, 3.05) is 6.61 Å². The van der Waals surface area contributed by atoms with Crippen LogP contribution in [0.25, 0.3) is 22.3 Å². The fourth-order valence-corrected chi connectivity index (χ4v) is 6.12. The Hall–Kier alpha value is -3.47. The molecule has 3 aromatic rings. The topological polar surface area (TPSA) is 288 Å². The number of ether oxygens (including phenoxy) is 6. The summed E-state index contributed by atoms with van der Waals surface area (Å²) in [6, 6.07) is 9.22. The largest absolute Gasteiger partial charge is 0.508 e. The Morgan fingerprint density at radius 1 is 0.667 bits per heavy atom. The maximum Gasteiger partial charge on any atom is 0.229 e. The second kappa shape index (κ2) is 14.9. The van der Waals surface area contributed by atoms with Crippen LogP contribution < -0.4 is 10.2 Å². The van der Waals surface area contributed by atoms with Crippen molar-refractivity contribution in [3.63, 3.8) is 0 Å². The molecule has 3 saturated heterocycles. The predicted octanol–water partition coefficient (Wildman–Crippen LogP) is -2.25. The number of hydrogen-bond donors (Lipinski definition) is 10. The minimum absolute atomic E-state index is 0.0184. The highest BCUT2D eigenvalue weighted by Crippen LogP contribution is 2.35. The quantitative estimate of drug-likeness (QED) is 0.117. The van der Waals surface area contributed by atoms with Crippen LogP contribution >= 0.6 is 0 Å². The van der Waals surface area contributed by atoms with Gasteiger partial charge in [-0.15, -0.1) is 0 Å². The first-order valence-electron chi connectivity index (χ1n) is 16.1. The zero-order valence-electron chi connectivity index (χ0n) is 27.1. The molecular weight excluding hydrogens is 684 g/mol. The van der Waals surface area contributed by atoms with E-state index in [0.717, 1.165) is 12.1 Å². The fourth-order valence-electron chi connectivity index (χ4n) is 6.12. The molecular formula is C33H40O18. The molecule has 3 aliphatic heterocycles. The van der Waals surface area contributed by atoms with E-state index in [1.165, 1.54) is 44.2 Å². The summed E-state index contributed by atoms with van der Waals surface area (Å²) in [6.45, 7) is 2.25. The Morgan fingerprint density at radius 3 is 1.92 bits per heavy atom. The molecule has 15 atom stereocenters. The van der Waals surface area contributed by atoms with Gasteiger partial charge in [0.2, 0.25) is 6.29 Å². The van der Waals surface area contributed by atoms with Crippen molar-refractivity contribution in [3.05, 3.63) is 52.7 Å². The molecule has 0 aliphatic carbocycles. The number of aromatic hydroxyl groups is 2. The normalized spacial score (nSPS) is 38.8. The second-order valence-electron chi connectivity index (χ2n) is 12.8. The highest BCUT2D eigenvalue weighted by atomic mass is 16.8. The van der Waals surface area contributed by atoms with Gasteiger partial charge in [0.15, 0.2) is 24.1 Å². The summed E-state index contributed by atoms with van der Waals surface area (Å²) in [5.74, 6) is -0.682. The Morgan fingerprint density at radius 2 is 1.27 bits per heavy atom. The number of rotatable bonds is 8. The van der Waals surface area contributed by atoms with Gasteiger partial charge in [-0.05, 0) is 38.1 Å². The SMILES string of the molecule is C[C@@H]1O[C@@H](OCC2O[C@@H](Oc3cc(O)c4c(=O)cc(-c5ccc(O)cc5)oc4c3)[C@H](O[C@@H]3O[C@@H](C)[C@H](O)[C@@H](O)[C@H]3O)[C@@H](O)[C@@H]2O)[C@H](O)[C@H](O)[C@H]1O. The molecule has 4 heterocycles. The van der Waals surface area contributed by atoms with Crippen LogP contribution in [0.1, 0.15) is 13.8 Å². The minimum Gasteiger partial charge on any atom is -0.508 e. The van der Waals surface area contributed by atoms with Crippen molar-refractivity contribution in [1.82, 2.24) is 0 Å². The molecule has 51 heavy (non-hydrogen) atoms. The predicted molar refractivity (Wildman–Crippen MR) is 168 cm³/mol. The molecule has 3 fully saturated rings. The van der Waals surface area contributed by atoms with Crippen molar-refractivity contribution in [2.45, 2.75) is 106 Å². The number of phenols is 2. The van der Waals surface area contributed by atoms with Crippen LogP contribution in [-0.4, -0.2) is 150 Å². The lowest BCUT2D eigenvalue weighted by Crippen LogP contribution is -2.65. The summed E-state index contributed by atoms with van der Waals surface area (Å²) in [7, 11) is 0. The molecule has 0 bridgehead atoms. The third kappa shape index (κ3) is 7.42. The van der Waals surface area contributed by atoms with Crippen LogP contribution in [0.5, 0.6) is 17.2 Å². The number of fused-ring (bicyclic) bond motifs is 1. The first kappa shape index (κ1) is 37.3. The second-order valence-corrected chi connectivity index (χ2v) is 12.8. The van der Waals surface area contributed by atoms with E-state index in [1.54, 1.807) is 0 Å². The van der Waals surface area contributed by atoms with Crippen molar-refractivity contribution >= 4 is 11.0 Å². The van der Waals surface area contributed by atoms with E-state index in [4.69, 9.17) is 32.8 Å². The molecule has 0 radical (unpaired) electrons. The summed E-state index contributed by atoms with van der Waals surface area (Å²) >= 11 is 0. The Labute approximate surface area is 288 Å². The Bertz CT molecular complexity index is 1710. The molecule has 2 aromatic carbocycles. The molecule has 6 rings (SSSR count). The van der Waals surface area contributed by atoms with E-state index in [9.17, 15) is 55.9 Å². The third-order valence-electron chi connectivity index (χ3n) is 9.16. The molecule has 1 aromatic heterocycles. The van der Waals surface area contributed by atoms with Crippen LogP contribution in [0, 0.1) is 0 Å². The van der Waals surface area contributed by atoms with Gasteiger partial charge in [-0.25, -0.2) is 0 Å². The van der Waals surface area contributed by atoms with Crippen LogP contribution in [0.2, 0.25) is 0 Å². The molecule has 10 N–H and O–H groups in total. The zero-order chi connectivity index (χ0) is 36.9. The lowest BCUT2D eigenvalue weighted by molar-refractivity contribution is -0.360. The molecule has 280 valence electrons. The Balaban J connectivity index is 1.30. The third-order valence-corrected chi connectivity index (χ3v) is 9.16. The van der Waals surface area contributed by atoms with Gasteiger partial charge < -0.3 is 83.9 Å². The van der Waals surface area contributed by atoms with Gasteiger partial charge in [-0.2, -0.15) is 0 Å². The lowest BCUT2D eigenvalue weighted by atomic mass is 9.97. The highest BCUT2D eigenvalue weighted by Gasteiger charge is 2.52. The molecule has 0 amide bonds. The Kier molecular flexibility index (Phi) is 10.9. The first-order chi connectivity index (χ1) is 24.1. The average molecular weight is 725 g/mol. The number of aliphatic hydroxyl groups is 8. The van der Waals surface area contributed by atoms with Gasteiger partial charge >= 0.3 is 0 Å². The van der Waals surface area contributed by atoms with Gasteiger partial charge in [0.1, 0.15) is 88.9 Å². The summed E-state index contributed by atoms with van der Waals surface area (Å²) in [5, 5.41) is 104. The van der Waals surface area contributed by atoms with Gasteiger partial charge in [-0.3, -0.25) is 4.79 Å². The van der Waals surface area contributed by atoms with E-state index in [1.807, 2.05) is 0 Å². The van der Waals surface area contributed by atoms with E-state index >= 15 is 0 Å². The van der Waals surface area contributed by atoms with Gasteiger partial charge in [0, 0.05) is 23.8 Å². The van der Waals surface area contributed by atoms with Crippen molar-refractivity contribution in [3.8, 4) is 28.6 Å². The van der Waals surface area contributed by atoms with Crippen molar-refractivity contribution < 1.29 is 83.9 Å². The lowest BCUT2D eigenvalue weighted by Gasteiger charge is -2.46. The molecule has 0 spiro atoms. The number of phenolic OH excluding ortho intramolecular Hbond substituents is 2. The maximum absolute atomic E-state index is 13.0. The minimum atomic E-state index is -1.89. The van der Waals surface area contributed by atoms with Gasteiger partial charge in [-0.1, -0.05) is 0 Å². The van der Waals surface area contributed by atoms with Crippen LogP contribution in [0.3, 0.4) is 0 Å². The molecule has 0 saturated carbocycles. The van der Waals surface area contributed by atoms with Crippen LogP contribution in [0.4, 0.5) is 0 Å². The number of benzene rings is 2. The monoisotopic (exact) mass is 724 g/mol. The summed E-state index contributed by atoms with van der Waals surface area (Å²) in [4.78, 5) is 13.0. The average Bonchev–Trinajstić information content (AvgIpc) is 3.09. The van der Waals surface area contributed by atoms with E-state index in [0.29, 0.717) is 5.56 Å². The van der Waals surface area contributed by atoms with Gasteiger partial charge in [0.25, 0.3) is 0 Å². The maximum atomic E-state index is 13.0.